The molecule has 0 amide bonds. The molecule has 0 saturated heterocycles. The van der Waals surface area contributed by atoms with Crippen LogP contribution in [0.1, 0.15) is 5.56 Å². The Kier molecular flexibility index (Phi) is 2.29. The van der Waals surface area contributed by atoms with Crippen molar-refractivity contribution in [3.8, 4) is 0 Å². The first kappa shape index (κ1) is 6.81. The van der Waals surface area contributed by atoms with Crippen LogP contribution < -0.4 is 4.46 Å². The molecule has 2 heteroatoms. The van der Waals surface area contributed by atoms with Crippen LogP contribution in [0.4, 0.5) is 0 Å². The molecule has 1 N–H and O–H groups in total. The van der Waals surface area contributed by atoms with Gasteiger partial charge in [0, 0.05) is 0 Å². The van der Waals surface area contributed by atoms with E-state index >= 15 is 0 Å². The number of aliphatic hydroxyl groups excluding tert-OH is 1. The van der Waals surface area contributed by atoms with Gasteiger partial charge in [-0.2, -0.15) is 0 Å². The molecule has 1 nitrogen and oxygen atoms in total. The average molecular weight is 163 g/mol. The van der Waals surface area contributed by atoms with Gasteiger partial charge in [0.15, 0.2) is 0 Å². The zero-order valence-corrected chi connectivity index (χ0v) is 5.92. The van der Waals surface area contributed by atoms with Crippen molar-refractivity contribution in [2.75, 3.05) is 0 Å². The minimum absolute atomic E-state index is 0.111. The van der Waals surface area contributed by atoms with E-state index in [2.05, 4.69) is 16.0 Å². The molecule has 0 aliphatic carbocycles. The number of aliphatic hydroxyl groups is 1. The van der Waals surface area contributed by atoms with Crippen molar-refractivity contribution in [3.63, 3.8) is 0 Å². The Bertz CT molecular complexity index is 181. The molecule has 0 radical (unpaired) electrons. The van der Waals surface area contributed by atoms with Crippen LogP contribution in [0, 0.1) is 0 Å². The Balaban J connectivity index is 2.88. The van der Waals surface area contributed by atoms with Crippen LogP contribution in [0.2, 0.25) is 0 Å². The van der Waals surface area contributed by atoms with Gasteiger partial charge in [-0.15, -0.1) is 0 Å². The van der Waals surface area contributed by atoms with Gasteiger partial charge in [-0.3, -0.25) is 0 Å². The Morgan fingerprint density at radius 1 is 1.22 bits per heavy atom. The summed E-state index contributed by atoms with van der Waals surface area (Å²) in [6.45, 7) is 0.111. The van der Waals surface area contributed by atoms with Crippen LogP contribution in [0.3, 0.4) is 0 Å². The zero-order valence-electron chi connectivity index (χ0n) is 4.82. The first-order chi connectivity index (χ1) is 4.33. The molecule has 0 saturated carbocycles. The molecule has 1 rings (SSSR count). The van der Waals surface area contributed by atoms with Crippen LogP contribution >= 0.6 is 0 Å². The van der Waals surface area contributed by atoms with E-state index in [9.17, 15) is 0 Å². The van der Waals surface area contributed by atoms with E-state index in [1.54, 1.807) is 0 Å². The van der Waals surface area contributed by atoms with E-state index in [0.29, 0.717) is 0 Å². The average Bonchev–Trinajstić information content (AvgIpc) is 1.90. The maximum atomic E-state index is 8.61. The van der Waals surface area contributed by atoms with Crippen molar-refractivity contribution in [1.29, 1.82) is 0 Å². The number of benzene rings is 1. The SMILES string of the molecule is OCc1cc[c]([Fe])cc1. The van der Waals surface area contributed by atoms with Gasteiger partial charge in [-0.1, -0.05) is 0 Å². The second kappa shape index (κ2) is 3.02. The van der Waals surface area contributed by atoms with E-state index in [0.717, 1.165) is 10.0 Å². The molecule has 49 valence electrons. The molecule has 0 aliphatic heterocycles. The van der Waals surface area contributed by atoms with E-state index in [-0.39, 0.29) is 6.61 Å². The molecule has 1 aromatic rings. The summed E-state index contributed by atoms with van der Waals surface area (Å²) < 4.78 is 0.979. The summed E-state index contributed by atoms with van der Waals surface area (Å²) >= 11 is 3.71. The summed E-state index contributed by atoms with van der Waals surface area (Å²) in [4.78, 5) is 0. The van der Waals surface area contributed by atoms with Gasteiger partial charge in [-0.25, -0.2) is 0 Å². The Hall–Kier alpha value is -0.301. The molecule has 0 fully saturated rings. The van der Waals surface area contributed by atoms with E-state index < -0.39 is 0 Å². The first-order valence-corrected chi connectivity index (χ1v) is 3.22. The molecule has 0 spiro atoms. The van der Waals surface area contributed by atoms with Crippen LogP contribution in [0.5, 0.6) is 0 Å². The second-order valence-corrected chi connectivity index (χ2v) is 2.41. The standard InChI is InChI=1S/C7H7O.Fe/c8-6-7-4-2-1-3-5-7;/h2-5,8H,6H2;. The normalized spacial score (nSPS) is 9.56. The summed E-state index contributed by atoms with van der Waals surface area (Å²) in [6, 6.07) is 7.49. The molecule has 0 bridgehead atoms. The van der Waals surface area contributed by atoms with E-state index in [1.807, 2.05) is 24.3 Å². The van der Waals surface area contributed by atoms with Crippen molar-refractivity contribution in [1.82, 2.24) is 0 Å². The van der Waals surface area contributed by atoms with Crippen LogP contribution in [0.25, 0.3) is 0 Å². The summed E-state index contributed by atoms with van der Waals surface area (Å²) in [5, 5.41) is 8.61. The number of hydrogen-bond donors (Lipinski definition) is 1. The van der Waals surface area contributed by atoms with Crippen LogP contribution in [0.15, 0.2) is 24.3 Å². The number of hydrogen-bond acceptors (Lipinski definition) is 1. The molecule has 0 heterocycles. The summed E-state index contributed by atoms with van der Waals surface area (Å²) in [7, 11) is 0. The molecule has 0 aliphatic rings. The van der Waals surface area contributed by atoms with Crippen molar-refractivity contribution >= 4 is 4.46 Å². The first-order valence-electron chi connectivity index (χ1n) is 2.67. The molecular formula is C7H7FeO. The van der Waals surface area contributed by atoms with Crippen molar-refractivity contribution in [3.05, 3.63) is 29.8 Å². The Labute approximate surface area is 62.5 Å². The molecule has 1 aromatic carbocycles. The van der Waals surface area contributed by atoms with Gasteiger partial charge in [-0.05, 0) is 0 Å². The minimum atomic E-state index is 0.111. The monoisotopic (exact) mass is 163 g/mol. The molecule has 9 heavy (non-hydrogen) atoms. The van der Waals surface area contributed by atoms with Crippen molar-refractivity contribution < 1.29 is 21.1 Å². The Morgan fingerprint density at radius 3 is 2.22 bits per heavy atom. The fraction of sp³-hybridized carbons (Fsp3) is 0.143. The predicted octanol–water partition coefficient (Wildman–Crippen LogP) is 0.351. The summed E-state index contributed by atoms with van der Waals surface area (Å²) in [5.41, 5.74) is 0.933. The van der Waals surface area contributed by atoms with Crippen LogP contribution in [-0.2, 0) is 22.6 Å². The second-order valence-electron chi connectivity index (χ2n) is 1.77. The molecule has 0 aromatic heterocycles. The van der Waals surface area contributed by atoms with Crippen molar-refractivity contribution in [2.45, 2.75) is 6.61 Å². The molecule has 0 unspecified atom stereocenters. The Morgan fingerprint density at radius 2 is 1.78 bits per heavy atom. The van der Waals surface area contributed by atoms with E-state index in [4.69, 9.17) is 5.11 Å². The quantitative estimate of drug-likeness (QED) is 0.592. The molecule has 0 atom stereocenters. The van der Waals surface area contributed by atoms with E-state index in [1.165, 1.54) is 0 Å². The topological polar surface area (TPSA) is 20.2 Å². The third kappa shape index (κ3) is 1.83. The van der Waals surface area contributed by atoms with Gasteiger partial charge in [0.1, 0.15) is 0 Å². The number of rotatable bonds is 1. The maximum absolute atomic E-state index is 8.61. The van der Waals surface area contributed by atoms with Gasteiger partial charge < -0.3 is 0 Å². The molecular weight excluding hydrogens is 156 g/mol. The third-order valence-electron chi connectivity index (χ3n) is 1.09. The summed E-state index contributed by atoms with van der Waals surface area (Å²) in [6.07, 6.45) is 0. The van der Waals surface area contributed by atoms with Gasteiger partial charge in [0.2, 0.25) is 0 Å². The summed E-state index contributed by atoms with van der Waals surface area (Å²) in [5.74, 6) is 0. The van der Waals surface area contributed by atoms with Crippen LogP contribution in [-0.4, -0.2) is 5.11 Å². The van der Waals surface area contributed by atoms with Crippen molar-refractivity contribution in [2.24, 2.45) is 0 Å². The predicted molar refractivity (Wildman–Crippen MR) is 32.0 cm³/mol. The van der Waals surface area contributed by atoms with Gasteiger partial charge in [0.25, 0.3) is 0 Å². The van der Waals surface area contributed by atoms with Gasteiger partial charge in [0.05, 0.1) is 0 Å². The van der Waals surface area contributed by atoms with Gasteiger partial charge >= 0.3 is 62.0 Å². The fourth-order valence-corrected chi connectivity index (χ4v) is 0.770. The fourth-order valence-electron chi connectivity index (χ4n) is 0.586. The third-order valence-corrected chi connectivity index (χ3v) is 1.46. The zero-order chi connectivity index (χ0) is 6.69.